The normalized spacial score (nSPS) is 27.2. The van der Waals surface area contributed by atoms with E-state index >= 15 is 0 Å². The van der Waals surface area contributed by atoms with E-state index in [1.54, 1.807) is 0 Å². The number of hydrogen-bond donors (Lipinski definition) is 1. The van der Waals surface area contributed by atoms with Crippen molar-refractivity contribution in [3.63, 3.8) is 0 Å². The molecule has 1 aliphatic heterocycles. The zero-order valence-electron chi connectivity index (χ0n) is 7.41. The summed E-state index contributed by atoms with van der Waals surface area (Å²) in [5.74, 6) is -0.724. The lowest BCUT2D eigenvalue weighted by atomic mass is 10.2. The fourth-order valence-electron chi connectivity index (χ4n) is 1.46. The summed E-state index contributed by atoms with van der Waals surface area (Å²) in [5.41, 5.74) is 0. The van der Waals surface area contributed by atoms with Gasteiger partial charge in [-0.15, -0.1) is 0 Å². The van der Waals surface area contributed by atoms with Crippen LogP contribution in [0.25, 0.3) is 0 Å². The van der Waals surface area contributed by atoms with Gasteiger partial charge in [-0.05, 0) is 32.2 Å². The molecule has 0 radical (unpaired) electrons. The number of esters is 2. The highest BCUT2D eigenvalue weighted by Crippen LogP contribution is 2.30. The van der Waals surface area contributed by atoms with Crippen LogP contribution in [0.15, 0.2) is 0 Å². The number of nitrogens with one attached hydrogen (secondary N) is 1. The van der Waals surface area contributed by atoms with Gasteiger partial charge in [-0.1, -0.05) is 0 Å². The Kier molecular flexibility index (Phi) is 2.31. The molecule has 13 heavy (non-hydrogen) atoms. The Labute approximate surface area is 76.6 Å². The van der Waals surface area contributed by atoms with E-state index in [4.69, 9.17) is 4.74 Å². The molecule has 0 aromatic heterocycles. The second-order valence-electron chi connectivity index (χ2n) is 3.66. The minimum absolute atomic E-state index is 0.00496. The highest BCUT2D eigenvalue weighted by molar-refractivity contribution is 5.90. The quantitative estimate of drug-likeness (QED) is 0.491. The Bertz CT molecular complexity index is 229. The summed E-state index contributed by atoms with van der Waals surface area (Å²) < 4.78 is 4.72. The molecule has 0 aromatic carbocycles. The molecule has 72 valence electrons. The average molecular weight is 183 g/mol. The van der Waals surface area contributed by atoms with E-state index in [1.807, 2.05) is 0 Å². The van der Waals surface area contributed by atoms with Crippen LogP contribution in [0.1, 0.15) is 25.7 Å². The molecule has 1 atom stereocenters. The summed E-state index contributed by atoms with van der Waals surface area (Å²) in [6, 6.07) is -0.248. The minimum Gasteiger partial charge on any atom is -0.392 e. The molecule has 1 saturated carbocycles. The Morgan fingerprint density at radius 3 is 2.46 bits per heavy atom. The summed E-state index contributed by atoms with van der Waals surface area (Å²) in [4.78, 5) is 22.4. The molecule has 1 aliphatic carbocycles. The lowest BCUT2D eigenvalue weighted by molar-refractivity contribution is -0.161. The van der Waals surface area contributed by atoms with Gasteiger partial charge in [-0.3, -0.25) is 4.79 Å². The van der Waals surface area contributed by atoms with Gasteiger partial charge < -0.3 is 10.1 Å². The van der Waals surface area contributed by atoms with Crippen molar-refractivity contribution in [1.29, 1.82) is 0 Å². The smallest absolute Gasteiger partial charge is 0.330 e. The van der Waals surface area contributed by atoms with Gasteiger partial charge >= 0.3 is 11.9 Å². The first kappa shape index (κ1) is 8.69. The van der Waals surface area contributed by atoms with E-state index in [1.165, 1.54) is 0 Å². The molecule has 4 nitrogen and oxygen atoms in total. The Hall–Kier alpha value is -0.900. The molecule has 1 heterocycles. The number of carbonyl (C=O) groups excluding carboxylic acids is 2. The predicted octanol–water partition coefficient (Wildman–Crippen LogP) is 0.218. The summed E-state index contributed by atoms with van der Waals surface area (Å²) in [5, 5.41) is 2.99. The summed E-state index contributed by atoms with van der Waals surface area (Å²) in [7, 11) is 0. The van der Waals surface area contributed by atoms with E-state index in [0.29, 0.717) is 0 Å². The van der Waals surface area contributed by atoms with Crippen LogP contribution in [0.3, 0.4) is 0 Å². The zero-order chi connectivity index (χ0) is 9.26. The van der Waals surface area contributed by atoms with Crippen LogP contribution in [0.5, 0.6) is 0 Å². The van der Waals surface area contributed by atoms with Crippen molar-refractivity contribution in [2.24, 2.45) is 5.92 Å². The van der Waals surface area contributed by atoms with Crippen molar-refractivity contribution in [2.75, 3.05) is 6.54 Å². The minimum atomic E-state index is -0.394. The Morgan fingerprint density at radius 1 is 1.15 bits per heavy atom. The van der Waals surface area contributed by atoms with E-state index < -0.39 is 5.97 Å². The number of rotatable bonds is 2. The Morgan fingerprint density at radius 2 is 1.92 bits per heavy atom. The van der Waals surface area contributed by atoms with Crippen molar-refractivity contribution in [2.45, 2.75) is 31.7 Å². The molecule has 0 aromatic rings. The van der Waals surface area contributed by atoms with Crippen LogP contribution >= 0.6 is 0 Å². The maximum atomic E-state index is 11.3. The molecule has 1 N–H and O–H groups in total. The van der Waals surface area contributed by atoms with Crippen molar-refractivity contribution < 1.29 is 14.3 Å². The molecule has 1 saturated heterocycles. The van der Waals surface area contributed by atoms with Crippen LogP contribution in [-0.2, 0) is 14.3 Å². The summed E-state index contributed by atoms with van der Waals surface area (Å²) >= 11 is 0. The van der Waals surface area contributed by atoms with Crippen LogP contribution in [-0.4, -0.2) is 24.5 Å². The molecular formula is C9H13NO3. The second-order valence-corrected chi connectivity index (χ2v) is 3.66. The topological polar surface area (TPSA) is 55.4 Å². The largest absolute Gasteiger partial charge is 0.392 e. The molecule has 2 aliphatic rings. The van der Waals surface area contributed by atoms with Gasteiger partial charge in [0.05, 0.1) is 5.92 Å². The first-order chi connectivity index (χ1) is 6.27. The van der Waals surface area contributed by atoms with Crippen molar-refractivity contribution in [3.05, 3.63) is 0 Å². The standard InChI is InChI=1S/C9H13NO3/c11-8(6-3-4-6)13-9(12)7-2-1-5-10-7/h6-7,10H,1-5H2. The summed E-state index contributed by atoms with van der Waals surface area (Å²) in [6.07, 6.45) is 3.53. The van der Waals surface area contributed by atoms with Gasteiger partial charge in [0.25, 0.3) is 0 Å². The molecule has 2 fully saturated rings. The fourth-order valence-corrected chi connectivity index (χ4v) is 1.46. The number of ether oxygens (including phenoxy) is 1. The highest BCUT2D eigenvalue weighted by atomic mass is 16.6. The maximum absolute atomic E-state index is 11.3. The van der Waals surface area contributed by atoms with Gasteiger partial charge in [0.2, 0.25) is 0 Å². The molecule has 4 heteroatoms. The van der Waals surface area contributed by atoms with Gasteiger partial charge in [0.1, 0.15) is 6.04 Å². The molecule has 0 amide bonds. The molecule has 0 bridgehead atoms. The first-order valence-electron chi connectivity index (χ1n) is 4.76. The van der Waals surface area contributed by atoms with E-state index in [2.05, 4.69) is 5.32 Å². The third-order valence-corrected chi connectivity index (χ3v) is 2.46. The average Bonchev–Trinajstić information content (AvgIpc) is 2.81. The highest BCUT2D eigenvalue weighted by Gasteiger charge is 2.34. The van der Waals surface area contributed by atoms with Crippen molar-refractivity contribution >= 4 is 11.9 Å². The zero-order valence-corrected chi connectivity index (χ0v) is 7.41. The van der Waals surface area contributed by atoms with Crippen LogP contribution in [0.2, 0.25) is 0 Å². The monoisotopic (exact) mass is 183 g/mol. The second kappa shape index (κ2) is 3.46. The third-order valence-electron chi connectivity index (χ3n) is 2.46. The predicted molar refractivity (Wildman–Crippen MR) is 44.8 cm³/mol. The molecular weight excluding hydrogens is 170 g/mol. The third kappa shape index (κ3) is 2.06. The number of carbonyl (C=O) groups is 2. The SMILES string of the molecule is O=C(OC(=O)C1CCCN1)C1CC1. The van der Waals surface area contributed by atoms with E-state index in [-0.39, 0.29) is 17.9 Å². The van der Waals surface area contributed by atoms with Gasteiger partial charge in [-0.2, -0.15) is 0 Å². The lowest BCUT2D eigenvalue weighted by Gasteiger charge is -2.07. The van der Waals surface area contributed by atoms with E-state index in [9.17, 15) is 9.59 Å². The summed E-state index contributed by atoms with van der Waals surface area (Å²) in [6.45, 7) is 0.845. The van der Waals surface area contributed by atoms with Gasteiger partial charge in [0, 0.05) is 0 Å². The lowest BCUT2D eigenvalue weighted by Crippen LogP contribution is -2.34. The fraction of sp³-hybridized carbons (Fsp3) is 0.778. The molecule has 0 spiro atoms. The van der Waals surface area contributed by atoms with Crippen molar-refractivity contribution in [1.82, 2.24) is 5.32 Å². The number of hydrogen-bond acceptors (Lipinski definition) is 4. The van der Waals surface area contributed by atoms with Crippen LogP contribution in [0.4, 0.5) is 0 Å². The maximum Gasteiger partial charge on any atom is 0.330 e. The van der Waals surface area contributed by atoms with Crippen LogP contribution < -0.4 is 5.32 Å². The molecule has 2 rings (SSSR count). The van der Waals surface area contributed by atoms with Gasteiger partial charge in [-0.25, -0.2) is 4.79 Å². The Balaban J connectivity index is 1.79. The molecule has 1 unspecified atom stereocenters. The first-order valence-corrected chi connectivity index (χ1v) is 4.76. The van der Waals surface area contributed by atoms with Gasteiger partial charge in [0.15, 0.2) is 0 Å². The van der Waals surface area contributed by atoms with Crippen LogP contribution in [0, 0.1) is 5.92 Å². The van der Waals surface area contributed by atoms with E-state index in [0.717, 1.165) is 32.2 Å². The van der Waals surface area contributed by atoms with Crippen molar-refractivity contribution in [3.8, 4) is 0 Å².